The van der Waals surface area contributed by atoms with E-state index in [2.05, 4.69) is 21.9 Å². The van der Waals surface area contributed by atoms with E-state index in [0.29, 0.717) is 36.1 Å². The number of ether oxygens (including phenoxy) is 1. The van der Waals surface area contributed by atoms with Gasteiger partial charge < -0.3 is 15.0 Å². The Morgan fingerprint density at radius 1 is 1.50 bits per heavy atom. The lowest BCUT2D eigenvalue weighted by molar-refractivity contribution is -0.145. The van der Waals surface area contributed by atoms with E-state index in [1.165, 1.54) is 6.33 Å². The first-order chi connectivity index (χ1) is 9.66. The summed E-state index contributed by atoms with van der Waals surface area (Å²) in [7, 11) is 0. The Kier molecular flexibility index (Phi) is 3.25. The minimum Gasteiger partial charge on any atom is -0.465 e. The zero-order chi connectivity index (χ0) is 14.1. The van der Waals surface area contributed by atoms with Crippen LogP contribution in [0.3, 0.4) is 0 Å². The molecule has 0 aromatic carbocycles. The van der Waals surface area contributed by atoms with Crippen molar-refractivity contribution in [2.45, 2.75) is 26.3 Å². The summed E-state index contributed by atoms with van der Waals surface area (Å²) in [5.41, 5.74) is 7.04. The fourth-order valence-electron chi connectivity index (χ4n) is 2.23. The third-order valence-corrected chi connectivity index (χ3v) is 3.63. The van der Waals surface area contributed by atoms with E-state index >= 15 is 0 Å². The molecular weight excluding hydrogens is 258 g/mol. The van der Waals surface area contributed by atoms with Gasteiger partial charge in [0.05, 0.1) is 18.9 Å². The van der Waals surface area contributed by atoms with Crippen LogP contribution in [0.1, 0.15) is 19.8 Å². The second-order valence-electron chi connectivity index (χ2n) is 5.21. The van der Waals surface area contributed by atoms with Crippen LogP contribution in [-0.2, 0) is 16.1 Å². The quantitative estimate of drug-likeness (QED) is 0.646. The largest absolute Gasteiger partial charge is 0.465 e. The van der Waals surface area contributed by atoms with Crippen LogP contribution in [-0.4, -0.2) is 32.1 Å². The molecule has 7 nitrogen and oxygen atoms in total. The van der Waals surface area contributed by atoms with Crippen molar-refractivity contribution in [3.05, 3.63) is 12.7 Å². The lowest BCUT2D eigenvalue weighted by atomic mass is 10.3. The number of aryl methyl sites for hydroxylation is 1. The Balaban J connectivity index is 1.53. The van der Waals surface area contributed by atoms with Gasteiger partial charge in [-0.1, -0.05) is 6.92 Å². The molecular formula is C13H17N5O2. The van der Waals surface area contributed by atoms with Crippen molar-refractivity contribution >= 4 is 23.0 Å². The number of imidazole rings is 1. The number of hydrogen-bond acceptors (Lipinski definition) is 6. The molecule has 106 valence electrons. The normalized spacial score (nSPS) is 21.1. The van der Waals surface area contributed by atoms with Crippen LogP contribution >= 0.6 is 0 Å². The van der Waals surface area contributed by atoms with Crippen molar-refractivity contribution in [1.29, 1.82) is 0 Å². The van der Waals surface area contributed by atoms with E-state index in [-0.39, 0.29) is 11.9 Å². The Morgan fingerprint density at radius 2 is 2.30 bits per heavy atom. The van der Waals surface area contributed by atoms with Crippen molar-refractivity contribution in [3.8, 4) is 0 Å². The predicted molar refractivity (Wildman–Crippen MR) is 72.6 cm³/mol. The summed E-state index contributed by atoms with van der Waals surface area (Å²) in [6, 6.07) is 0. The smallest absolute Gasteiger partial charge is 0.309 e. The van der Waals surface area contributed by atoms with Gasteiger partial charge in [-0.3, -0.25) is 4.79 Å². The highest BCUT2D eigenvalue weighted by atomic mass is 16.5. The van der Waals surface area contributed by atoms with E-state index in [0.717, 1.165) is 12.8 Å². The SMILES string of the molecule is C[C@H]1C[C@@H]1C(=O)OCCCn1cnc2c(N)ncnc21. The van der Waals surface area contributed by atoms with Gasteiger partial charge in [0.15, 0.2) is 11.5 Å². The van der Waals surface area contributed by atoms with Gasteiger partial charge in [-0.15, -0.1) is 0 Å². The first-order valence-corrected chi connectivity index (χ1v) is 6.74. The average Bonchev–Trinajstić information content (AvgIpc) is 3.01. The molecule has 1 aliphatic carbocycles. The average molecular weight is 275 g/mol. The Hall–Kier alpha value is -2.18. The van der Waals surface area contributed by atoms with Crippen LogP contribution in [0.2, 0.25) is 0 Å². The molecule has 3 rings (SSSR count). The number of hydrogen-bond donors (Lipinski definition) is 1. The first-order valence-electron chi connectivity index (χ1n) is 6.74. The zero-order valence-electron chi connectivity index (χ0n) is 11.3. The third-order valence-electron chi connectivity index (χ3n) is 3.63. The highest BCUT2D eigenvalue weighted by Gasteiger charge is 2.40. The van der Waals surface area contributed by atoms with Gasteiger partial charge in [0.1, 0.15) is 11.8 Å². The standard InChI is InChI=1S/C13H17N5O2/c1-8-5-9(8)13(19)20-4-2-3-18-7-17-10-11(14)15-6-16-12(10)18/h6-9H,2-5H2,1H3,(H2,14,15,16)/t8-,9-/m0/s1. The molecule has 2 atom stereocenters. The maximum atomic E-state index is 11.6. The summed E-state index contributed by atoms with van der Waals surface area (Å²) in [4.78, 5) is 23.8. The van der Waals surface area contributed by atoms with Crippen LogP contribution in [0, 0.1) is 11.8 Å². The summed E-state index contributed by atoms with van der Waals surface area (Å²) >= 11 is 0. The molecule has 7 heteroatoms. The van der Waals surface area contributed by atoms with Gasteiger partial charge in [0.25, 0.3) is 0 Å². The van der Waals surface area contributed by atoms with Crippen LogP contribution in [0.15, 0.2) is 12.7 Å². The van der Waals surface area contributed by atoms with Crippen LogP contribution in [0.25, 0.3) is 11.2 Å². The minimum atomic E-state index is -0.0699. The topological polar surface area (TPSA) is 95.9 Å². The number of fused-ring (bicyclic) bond motifs is 1. The Bertz CT molecular complexity index is 639. The number of esters is 1. The first kappa shape index (κ1) is 12.8. The molecule has 2 heterocycles. The van der Waals surface area contributed by atoms with Gasteiger partial charge in [0, 0.05) is 6.54 Å². The summed E-state index contributed by atoms with van der Waals surface area (Å²) in [5.74, 6) is 0.916. The van der Waals surface area contributed by atoms with Crippen molar-refractivity contribution in [1.82, 2.24) is 19.5 Å². The van der Waals surface area contributed by atoms with Crippen molar-refractivity contribution in [2.24, 2.45) is 11.8 Å². The Morgan fingerprint density at radius 3 is 3.05 bits per heavy atom. The monoisotopic (exact) mass is 275 g/mol. The number of rotatable bonds is 5. The van der Waals surface area contributed by atoms with E-state index in [1.807, 2.05) is 4.57 Å². The second kappa shape index (κ2) is 5.07. The molecule has 2 aromatic heterocycles. The predicted octanol–water partition coefficient (Wildman–Crippen LogP) is 0.998. The highest BCUT2D eigenvalue weighted by Crippen LogP contribution is 2.38. The number of nitrogen functional groups attached to an aromatic ring is 1. The lowest BCUT2D eigenvalue weighted by Gasteiger charge is -2.05. The number of aromatic nitrogens is 4. The molecule has 0 unspecified atom stereocenters. The maximum Gasteiger partial charge on any atom is 0.309 e. The molecule has 0 saturated heterocycles. The van der Waals surface area contributed by atoms with Crippen LogP contribution in [0.5, 0.6) is 0 Å². The van der Waals surface area contributed by atoms with E-state index in [1.54, 1.807) is 6.33 Å². The number of nitrogens with two attached hydrogens (primary N) is 1. The fraction of sp³-hybridized carbons (Fsp3) is 0.538. The molecule has 0 radical (unpaired) electrons. The summed E-state index contributed by atoms with van der Waals surface area (Å²) in [6.45, 7) is 3.16. The van der Waals surface area contributed by atoms with Crippen LogP contribution in [0.4, 0.5) is 5.82 Å². The second-order valence-corrected chi connectivity index (χ2v) is 5.21. The summed E-state index contributed by atoms with van der Waals surface area (Å²) < 4.78 is 7.13. The Labute approximate surface area is 116 Å². The molecule has 1 aliphatic rings. The zero-order valence-corrected chi connectivity index (χ0v) is 11.3. The molecule has 2 N–H and O–H groups in total. The molecule has 0 spiro atoms. The van der Waals surface area contributed by atoms with Crippen LogP contribution < -0.4 is 5.73 Å². The lowest BCUT2D eigenvalue weighted by Crippen LogP contribution is -2.10. The van der Waals surface area contributed by atoms with Crippen molar-refractivity contribution < 1.29 is 9.53 Å². The van der Waals surface area contributed by atoms with E-state index in [4.69, 9.17) is 10.5 Å². The highest BCUT2D eigenvalue weighted by molar-refractivity contribution is 5.81. The van der Waals surface area contributed by atoms with Gasteiger partial charge in [-0.05, 0) is 18.8 Å². The van der Waals surface area contributed by atoms with Gasteiger partial charge in [0.2, 0.25) is 0 Å². The maximum absolute atomic E-state index is 11.6. The molecule has 0 amide bonds. The molecule has 1 saturated carbocycles. The summed E-state index contributed by atoms with van der Waals surface area (Å²) in [6.07, 6.45) is 4.79. The molecule has 0 bridgehead atoms. The number of carbonyl (C=O) groups excluding carboxylic acids is 1. The third kappa shape index (κ3) is 2.43. The molecule has 2 aromatic rings. The van der Waals surface area contributed by atoms with Gasteiger partial charge in [-0.25, -0.2) is 15.0 Å². The van der Waals surface area contributed by atoms with E-state index in [9.17, 15) is 4.79 Å². The molecule has 0 aliphatic heterocycles. The number of anilines is 1. The van der Waals surface area contributed by atoms with Crippen molar-refractivity contribution in [3.63, 3.8) is 0 Å². The summed E-state index contributed by atoms with van der Waals surface area (Å²) in [5, 5.41) is 0. The minimum absolute atomic E-state index is 0.0699. The van der Waals surface area contributed by atoms with Gasteiger partial charge >= 0.3 is 5.97 Å². The molecule has 20 heavy (non-hydrogen) atoms. The molecule has 1 fully saturated rings. The number of carbonyl (C=O) groups is 1. The fourth-order valence-corrected chi connectivity index (χ4v) is 2.23. The van der Waals surface area contributed by atoms with E-state index < -0.39 is 0 Å². The van der Waals surface area contributed by atoms with Gasteiger partial charge in [-0.2, -0.15) is 0 Å². The number of nitrogens with zero attached hydrogens (tertiary/aromatic N) is 4. The van der Waals surface area contributed by atoms with Crippen molar-refractivity contribution in [2.75, 3.05) is 12.3 Å².